The van der Waals surface area contributed by atoms with E-state index in [1.807, 2.05) is 0 Å². The first-order chi connectivity index (χ1) is 5.79. The van der Waals surface area contributed by atoms with Crippen LogP contribution in [0.15, 0.2) is 28.2 Å². The molecule has 1 aromatic heterocycles. The van der Waals surface area contributed by atoms with E-state index < -0.39 is 12.6 Å². The fourth-order valence-electron chi connectivity index (χ4n) is 0.539. The zero-order chi connectivity index (χ0) is 8.81. The molecule has 1 rings (SSSR count). The van der Waals surface area contributed by atoms with Gasteiger partial charge in [-0.3, -0.25) is 0 Å². The van der Waals surface area contributed by atoms with Crippen LogP contribution in [-0.4, -0.2) is 23.9 Å². The number of carboxylic acid groups (broad SMARTS) is 1. The smallest absolute Gasteiger partial charge is 0.344 e. The highest BCUT2D eigenvalue weighted by atomic mass is 16.6. The van der Waals surface area contributed by atoms with Gasteiger partial charge in [0.25, 0.3) is 0 Å². The molecule has 0 saturated carbocycles. The Labute approximate surface area is 68.2 Å². The molecular weight excluding hydrogens is 162 g/mol. The first-order valence-electron chi connectivity index (χ1n) is 3.18. The molecule has 0 spiro atoms. The van der Waals surface area contributed by atoms with Gasteiger partial charge in [-0.2, -0.15) is 0 Å². The van der Waals surface area contributed by atoms with E-state index in [9.17, 15) is 4.79 Å². The second kappa shape index (κ2) is 4.17. The van der Waals surface area contributed by atoms with Crippen LogP contribution >= 0.6 is 0 Å². The molecule has 64 valence electrons. The minimum Gasteiger partial charge on any atom is -0.479 e. The number of rotatable bonds is 4. The molecule has 5 heteroatoms. The van der Waals surface area contributed by atoms with E-state index in [4.69, 9.17) is 9.52 Å². The average Bonchev–Trinajstić information content (AvgIpc) is 2.49. The van der Waals surface area contributed by atoms with Crippen LogP contribution in [0.5, 0.6) is 0 Å². The lowest BCUT2D eigenvalue weighted by Gasteiger charge is -1.90. The molecule has 0 aliphatic heterocycles. The Bertz CT molecular complexity index is 265. The molecule has 0 bridgehead atoms. The van der Waals surface area contributed by atoms with Crippen LogP contribution in [0.1, 0.15) is 5.56 Å². The van der Waals surface area contributed by atoms with Crippen LogP contribution in [0.2, 0.25) is 0 Å². The lowest BCUT2D eigenvalue weighted by molar-refractivity contribution is -0.142. The highest BCUT2D eigenvalue weighted by molar-refractivity contribution is 5.78. The lowest BCUT2D eigenvalue weighted by Crippen LogP contribution is -2.03. The molecule has 1 heterocycles. The number of carboxylic acids is 1. The van der Waals surface area contributed by atoms with Crippen molar-refractivity contribution in [3.63, 3.8) is 0 Å². The van der Waals surface area contributed by atoms with Gasteiger partial charge in [-0.15, -0.1) is 0 Å². The second-order valence-electron chi connectivity index (χ2n) is 1.96. The monoisotopic (exact) mass is 169 g/mol. The summed E-state index contributed by atoms with van der Waals surface area (Å²) in [4.78, 5) is 14.3. The van der Waals surface area contributed by atoms with Gasteiger partial charge in [-0.25, -0.2) is 4.79 Å². The molecule has 0 amide bonds. The summed E-state index contributed by atoms with van der Waals surface area (Å²) >= 11 is 0. The predicted molar refractivity (Wildman–Crippen MR) is 39.9 cm³/mol. The van der Waals surface area contributed by atoms with Crippen molar-refractivity contribution in [3.05, 3.63) is 24.2 Å². The molecular formula is C7H7NO4. The van der Waals surface area contributed by atoms with E-state index >= 15 is 0 Å². The quantitative estimate of drug-likeness (QED) is 0.532. The maximum absolute atomic E-state index is 9.94. The molecule has 12 heavy (non-hydrogen) atoms. The average molecular weight is 169 g/mol. The van der Waals surface area contributed by atoms with Crippen LogP contribution in [0.4, 0.5) is 0 Å². The van der Waals surface area contributed by atoms with Crippen LogP contribution in [0, 0.1) is 0 Å². The van der Waals surface area contributed by atoms with Gasteiger partial charge in [0, 0.05) is 5.56 Å². The Hall–Kier alpha value is -1.78. The molecule has 0 aliphatic rings. The van der Waals surface area contributed by atoms with E-state index in [0.717, 1.165) is 5.56 Å². The van der Waals surface area contributed by atoms with Crippen molar-refractivity contribution in [1.29, 1.82) is 0 Å². The minimum atomic E-state index is -1.06. The molecule has 5 nitrogen and oxygen atoms in total. The minimum absolute atomic E-state index is 0.436. The molecule has 1 aromatic rings. The topological polar surface area (TPSA) is 72.0 Å². The molecule has 0 fully saturated rings. The Morgan fingerprint density at radius 2 is 2.67 bits per heavy atom. The van der Waals surface area contributed by atoms with Crippen LogP contribution in [0.3, 0.4) is 0 Å². The van der Waals surface area contributed by atoms with Crippen molar-refractivity contribution in [2.45, 2.75) is 0 Å². The zero-order valence-electron chi connectivity index (χ0n) is 6.14. The summed E-state index contributed by atoms with van der Waals surface area (Å²) in [5.74, 6) is -1.06. The molecule has 0 unspecified atom stereocenters. The van der Waals surface area contributed by atoms with E-state index in [1.165, 1.54) is 18.7 Å². The lowest BCUT2D eigenvalue weighted by atomic mass is 10.4. The molecule has 0 saturated heterocycles. The number of hydrogen-bond acceptors (Lipinski definition) is 4. The van der Waals surface area contributed by atoms with Crippen LogP contribution < -0.4 is 0 Å². The largest absolute Gasteiger partial charge is 0.479 e. The van der Waals surface area contributed by atoms with Gasteiger partial charge in [0.2, 0.25) is 6.61 Å². The molecule has 0 aromatic carbocycles. The van der Waals surface area contributed by atoms with Crippen molar-refractivity contribution in [1.82, 2.24) is 0 Å². The molecule has 0 radical (unpaired) electrons. The van der Waals surface area contributed by atoms with Gasteiger partial charge in [0.05, 0.1) is 18.7 Å². The zero-order valence-corrected chi connectivity index (χ0v) is 6.14. The predicted octanol–water partition coefficient (Wildman–Crippen LogP) is 0.715. The number of oxime groups is 1. The van der Waals surface area contributed by atoms with Gasteiger partial charge in [-0.05, 0) is 6.07 Å². The van der Waals surface area contributed by atoms with E-state index in [-0.39, 0.29) is 0 Å². The fraction of sp³-hybridized carbons (Fsp3) is 0.143. The fourth-order valence-corrected chi connectivity index (χ4v) is 0.539. The first-order valence-corrected chi connectivity index (χ1v) is 3.18. The summed E-state index contributed by atoms with van der Waals surface area (Å²) in [5, 5.41) is 11.5. The van der Waals surface area contributed by atoms with Gasteiger partial charge < -0.3 is 14.4 Å². The normalized spacial score (nSPS) is 10.3. The summed E-state index contributed by atoms with van der Waals surface area (Å²) in [6.45, 7) is -0.436. The number of carbonyl (C=O) groups is 1. The summed E-state index contributed by atoms with van der Waals surface area (Å²) in [7, 11) is 0. The van der Waals surface area contributed by atoms with E-state index in [0.29, 0.717) is 0 Å². The van der Waals surface area contributed by atoms with Crippen molar-refractivity contribution < 1.29 is 19.2 Å². The van der Waals surface area contributed by atoms with Crippen molar-refractivity contribution in [3.8, 4) is 0 Å². The van der Waals surface area contributed by atoms with Gasteiger partial charge in [-0.1, -0.05) is 5.16 Å². The highest BCUT2D eigenvalue weighted by Crippen LogP contribution is 1.94. The summed E-state index contributed by atoms with van der Waals surface area (Å²) in [5.41, 5.74) is 0.723. The SMILES string of the molecule is O=C(O)CON=Cc1ccoc1. The van der Waals surface area contributed by atoms with Crippen molar-refractivity contribution >= 4 is 12.2 Å². The number of nitrogens with zero attached hydrogens (tertiary/aromatic N) is 1. The number of aliphatic carboxylic acids is 1. The Kier molecular flexibility index (Phi) is 2.89. The maximum Gasteiger partial charge on any atom is 0.344 e. The second-order valence-corrected chi connectivity index (χ2v) is 1.96. The third-order valence-corrected chi connectivity index (χ3v) is 1.01. The molecule has 0 aliphatic carbocycles. The number of hydrogen-bond donors (Lipinski definition) is 1. The van der Waals surface area contributed by atoms with Gasteiger partial charge in [0.15, 0.2) is 0 Å². The Morgan fingerprint density at radius 3 is 3.25 bits per heavy atom. The molecule has 1 N–H and O–H groups in total. The Morgan fingerprint density at radius 1 is 1.83 bits per heavy atom. The standard InChI is InChI=1S/C7H7NO4/c9-7(10)5-12-8-3-6-1-2-11-4-6/h1-4H,5H2,(H,9,10). The summed E-state index contributed by atoms with van der Waals surface area (Å²) < 4.78 is 4.73. The number of furan rings is 1. The summed E-state index contributed by atoms with van der Waals surface area (Å²) in [6, 6.07) is 1.67. The van der Waals surface area contributed by atoms with Gasteiger partial charge >= 0.3 is 5.97 Å². The molecule has 0 atom stereocenters. The van der Waals surface area contributed by atoms with Crippen LogP contribution in [0.25, 0.3) is 0 Å². The maximum atomic E-state index is 9.94. The highest BCUT2D eigenvalue weighted by Gasteiger charge is 1.93. The third-order valence-electron chi connectivity index (χ3n) is 1.01. The Balaban J connectivity index is 2.27. The van der Waals surface area contributed by atoms with E-state index in [1.54, 1.807) is 6.07 Å². The van der Waals surface area contributed by atoms with Crippen molar-refractivity contribution in [2.24, 2.45) is 5.16 Å². The van der Waals surface area contributed by atoms with Crippen molar-refractivity contribution in [2.75, 3.05) is 6.61 Å². The van der Waals surface area contributed by atoms with Gasteiger partial charge in [0.1, 0.15) is 0 Å². The first kappa shape index (κ1) is 8.32. The third kappa shape index (κ3) is 2.87. The summed E-state index contributed by atoms with van der Waals surface area (Å²) in [6.07, 6.45) is 4.32. The van der Waals surface area contributed by atoms with E-state index in [2.05, 4.69) is 9.99 Å². The van der Waals surface area contributed by atoms with Crippen LogP contribution in [-0.2, 0) is 9.63 Å².